The van der Waals surface area contributed by atoms with E-state index >= 15 is 0 Å². The second-order valence-corrected chi connectivity index (χ2v) is 5.90. The Morgan fingerprint density at radius 3 is 2.75 bits per heavy atom. The molecular formula is C16H26N2O2. The highest BCUT2D eigenvalue weighted by Crippen LogP contribution is 2.26. The number of carbonyl (C=O) groups is 1. The van der Waals surface area contributed by atoms with Crippen LogP contribution >= 0.6 is 0 Å². The highest BCUT2D eigenvalue weighted by Gasteiger charge is 2.32. The molecule has 1 aliphatic rings. The van der Waals surface area contributed by atoms with Gasteiger partial charge in [-0.2, -0.15) is 0 Å². The minimum Gasteiger partial charge on any atom is -0.467 e. The predicted molar refractivity (Wildman–Crippen MR) is 78.9 cm³/mol. The van der Waals surface area contributed by atoms with Crippen LogP contribution in [-0.2, 0) is 11.3 Å². The summed E-state index contributed by atoms with van der Waals surface area (Å²) >= 11 is 0. The van der Waals surface area contributed by atoms with Crippen LogP contribution < -0.4 is 5.73 Å². The fourth-order valence-electron chi connectivity index (χ4n) is 2.86. The van der Waals surface area contributed by atoms with E-state index in [4.69, 9.17) is 10.2 Å². The van der Waals surface area contributed by atoms with E-state index < -0.39 is 6.04 Å². The summed E-state index contributed by atoms with van der Waals surface area (Å²) in [6.45, 7) is 4.66. The first-order chi connectivity index (χ1) is 9.63. The van der Waals surface area contributed by atoms with Crippen LogP contribution in [-0.4, -0.2) is 22.9 Å². The molecular weight excluding hydrogens is 252 g/mol. The summed E-state index contributed by atoms with van der Waals surface area (Å²) in [5, 5.41) is 0. The van der Waals surface area contributed by atoms with Gasteiger partial charge >= 0.3 is 0 Å². The van der Waals surface area contributed by atoms with Crippen molar-refractivity contribution in [1.82, 2.24) is 4.90 Å². The van der Waals surface area contributed by atoms with Gasteiger partial charge in [0.25, 0.3) is 0 Å². The van der Waals surface area contributed by atoms with Crippen molar-refractivity contribution in [2.24, 2.45) is 11.7 Å². The Bertz CT molecular complexity index is 410. The van der Waals surface area contributed by atoms with Crippen molar-refractivity contribution in [2.45, 2.75) is 64.6 Å². The fraction of sp³-hybridized carbons (Fsp3) is 0.688. The molecule has 1 heterocycles. The van der Waals surface area contributed by atoms with Crippen LogP contribution in [0.3, 0.4) is 0 Å². The van der Waals surface area contributed by atoms with Gasteiger partial charge in [0.05, 0.1) is 18.8 Å². The van der Waals surface area contributed by atoms with Gasteiger partial charge in [-0.25, -0.2) is 0 Å². The van der Waals surface area contributed by atoms with E-state index in [0.29, 0.717) is 12.6 Å². The van der Waals surface area contributed by atoms with Crippen LogP contribution in [0.1, 0.15) is 51.7 Å². The van der Waals surface area contributed by atoms with E-state index in [1.165, 1.54) is 12.8 Å². The lowest BCUT2D eigenvalue weighted by Gasteiger charge is -2.32. The number of nitrogens with two attached hydrogens (primary N) is 1. The second-order valence-electron chi connectivity index (χ2n) is 5.90. The Labute approximate surface area is 121 Å². The average Bonchev–Trinajstić information content (AvgIpc) is 3.14. The normalized spacial score (nSPS) is 18.9. The lowest BCUT2D eigenvalue weighted by molar-refractivity contribution is -0.137. The molecule has 0 radical (unpaired) electrons. The molecule has 2 rings (SSSR count). The molecule has 0 saturated heterocycles. The first-order valence-electron chi connectivity index (χ1n) is 7.72. The summed E-state index contributed by atoms with van der Waals surface area (Å²) in [7, 11) is 0. The zero-order valence-corrected chi connectivity index (χ0v) is 12.5. The molecule has 0 spiro atoms. The Balaban J connectivity index is 2.10. The predicted octanol–water partition coefficient (Wildman–Crippen LogP) is 2.92. The number of hydrogen-bond acceptors (Lipinski definition) is 3. The van der Waals surface area contributed by atoms with Crippen LogP contribution in [0.25, 0.3) is 0 Å². The van der Waals surface area contributed by atoms with Gasteiger partial charge in [-0.05, 0) is 30.9 Å². The van der Waals surface area contributed by atoms with Gasteiger partial charge in [-0.3, -0.25) is 4.79 Å². The molecule has 1 amide bonds. The third kappa shape index (κ3) is 3.42. The maximum atomic E-state index is 12.7. The smallest absolute Gasteiger partial charge is 0.240 e. The summed E-state index contributed by atoms with van der Waals surface area (Å²) in [5.41, 5.74) is 6.15. The quantitative estimate of drug-likeness (QED) is 0.870. The van der Waals surface area contributed by atoms with Crippen molar-refractivity contribution in [3.8, 4) is 0 Å². The van der Waals surface area contributed by atoms with Gasteiger partial charge in [-0.15, -0.1) is 0 Å². The zero-order valence-electron chi connectivity index (χ0n) is 12.5. The molecule has 0 aromatic carbocycles. The lowest BCUT2D eigenvalue weighted by atomic mass is 9.98. The SMILES string of the molecule is CCC(C)C(N)C(=O)N(Cc1ccco1)C1CCCC1. The van der Waals surface area contributed by atoms with Crippen LogP contribution in [0, 0.1) is 5.92 Å². The van der Waals surface area contributed by atoms with E-state index in [1.807, 2.05) is 24.0 Å². The number of rotatable bonds is 6. The minimum atomic E-state index is -0.407. The number of nitrogens with zero attached hydrogens (tertiary/aromatic N) is 1. The summed E-state index contributed by atoms with van der Waals surface area (Å²) in [4.78, 5) is 14.7. The molecule has 112 valence electrons. The van der Waals surface area contributed by atoms with Crippen LogP contribution in [0.5, 0.6) is 0 Å². The number of carbonyl (C=O) groups excluding carboxylic acids is 1. The molecule has 0 aliphatic heterocycles. The Morgan fingerprint density at radius 2 is 2.20 bits per heavy atom. The molecule has 2 atom stereocenters. The monoisotopic (exact) mass is 278 g/mol. The Hall–Kier alpha value is -1.29. The molecule has 1 saturated carbocycles. The van der Waals surface area contributed by atoms with Crippen LogP contribution in [0.15, 0.2) is 22.8 Å². The topological polar surface area (TPSA) is 59.5 Å². The molecule has 4 nitrogen and oxygen atoms in total. The molecule has 1 fully saturated rings. The van der Waals surface area contributed by atoms with E-state index in [0.717, 1.165) is 25.0 Å². The van der Waals surface area contributed by atoms with Gasteiger partial charge in [0, 0.05) is 6.04 Å². The van der Waals surface area contributed by atoms with E-state index in [1.54, 1.807) is 6.26 Å². The van der Waals surface area contributed by atoms with Gasteiger partial charge in [0.15, 0.2) is 0 Å². The maximum Gasteiger partial charge on any atom is 0.240 e. The van der Waals surface area contributed by atoms with Gasteiger partial charge < -0.3 is 15.1 Å². The summed E-state index contributed by atoms with van der Waals surface area (Å²) in [6, 6.07) is 3.70. The Morgan fingerprint density at radius 1 is 1.50 bits per heavy atom. The maximum absolute atomic E-state index is 12.7. The molecule has 2 N–H and O–H groups in total. The van der Waals surface area contributed by atoms with E-state index in [-0.39, 0.29) is 11.8 Å². The largest absolute Gasteiger partial charge is 0.467 e. The molecule has 1 aliphatic carbocycles. The van der Waals surface area contributed by atoms with Crippen molar-refractivity contribution in [3.63, 3.8) is 0 Å². The highest BCUT2D eigenvalue weighted by atomic mass is 16.3. The molecule has 1 aromatic heterocycles. The molecule has 2 unspecified atom stereocenters. The highest BCUT2D eigenvalue weighted by molar-refractivity contribution is 5.82. The standard InChI is InChI=1S/C16H26N2O2/c1-3-12(2)15(17)16(19)18(13-7-4-5-8-13)11-14-9-6-10-20-14/h6,9-10,12-13,15H,3-5,7-8,11,17H2,1-2H3. The third-order valence-corrected chi connectivity index (χ3v) is 4.50. The lowest BCUT2D eigenvalue weighted by Crippen LogP contribution is -2.50. The van der Waals surface area contributed by atoms with Crippen molar-refractivity contribution in [1.29, 1.82) is 0 Å². The van der Waals surface area contributed by atoms with E-state index in [9.17, 15) is 4.79 Å². The van der Waals surface area contributed by atoms with Crippen LogP contribution in [0.2, 0.25) is 0 Å². The summed E-state index contributed by atoms with van der Waals surface area (Å²) in [6.07, 6.45) is 7.14. The molecule has 20 heavy (non-hydrogen) atoms. The fourth-order valence-corrected chi connectivity index (χ4v) is 2.86. The van der Waals surface area contributed by atoms with Crippen molar-refractivity contribution >= 4 is 5.91 Å². The first kappa shape index (κ1) is 15.1. The minimum absolute atomic E-state index is 0.0719. The third-order valence-electron chi connectivity index (χ3n) is 4.50. The first-order valence-corrected chi connectivity index (χ1v) is 7.72. The Kier molecular flexibility index (Phi) is 5.24. The van der Waals surface area contributed by atoms with E-state index in [2.05, 4.69) is 6.92 Å². The molecule has 1 aromatic rings. The van der Waals surface area contributed by atoms with Crippen molar-refractivity contribution < 1.29 is 9.21 Å². The number of hydrogen-bond donors (Lipinski definition) is 1. The summed E-state index contributed by atoms with van der Waals surface area (Å²) < 4.78 is 5.41. The molecule has 0 bridgehead atoms. The molecule has 4 heteroatoms. The van der Waals surface area contributed by atoms with Crippen molar-refractivity contribution in [3.05, 3.63) is 24.2 Å². The van der Waals surface area contributed by atoms with Gasteiger partial charge in [-0.1, -0.05) is 33.1 Å². The van der Waals surface area contributed by atoms with Gasteiger partial charge in [0.1, 0.15) is 5.76 Å². The van der Waals surface area contributed by atoms with Crippen LogP contribution in [0.4, 0.5) is 0 Å². The zero-order chi connectivity index (χ0) is 14.5. The summed E-state index contributed by atoms with van der Waals surface area (Å²) in [5.74, 6) is 1.12. The average molecular weight is 278 g/mol. The van der Waals surface area contributed by atoms with Crippen molar-refractivity contribution in [2.75, 3.05) is 0 Å². The second kappa shape index (κ2) is 6.93. The number of furan rings is 1. The van der Waals surface area contributed by atoms with Gasteiger partial charge in [0.2, 0.25) is 5.91 Å². The number of amides is 1.